The SMILES string of the molecule is COCCn1ncc(NCC2CCC2)c(Br)c1=O. The van der Waals surface area contributed by atoms with E-state index in [1.54, 1.807) is 13.3 Å². The smallest absolute Gasteiger partial charge is 0.283 e. The molecular formula is C12H18BrN3O2. The Hall–Kier alpha value is -0.880. The normalized spacial score (nSPS) is 15.4. The van der Waals surface area contributed by atoms with E-state index in [2.05, 4.69) is 26.3 Å². The van der Waals surface area contributed by atoms with Crippen LogP contribution in [0, 0.1) is 5.92 Å². The van der Waals surface area contributed by atoms with Crippen LogP contribution >= 0.6 is 15.9 Å². The zero-order valence-corrected chi connectivity index (χ0v) is 12.1. The van der Waals surface area contributed by atoms with Crippen LogP contribution in [0.5, 0.6) is 0 Å². The number of nitrogens with zero attached hydrogens (tertiary/aromatic N) is 2. The zero-order valence-electron chi connectivity index (χ0n) is 10.5. The predicted molar refractivity (Wildman–Crippen MR) is 73.9 cm³/mol. The van der Waals surface area contributed by atoms with Crippen LogP contribution in [-0.4, -0.2) is 30.0 Å². The maximum atomic E-state index is 12.0. The Kier molecular flexibility index (Phi) is 4.77. The number of ether oxygens (including phenoxy) is 1. The molecule has 1 fully saturated rings. The molecule has 5 nitrogen and oxygen atoms in total. The van der Waals surface area contributed by atoms with E-state index in [-0.39, 0.29) is 5.56 Å². The van der Waals surface area contributed by atoms with Gasteiger partial charge in [-0.3, -0.25) is 4.79 Å². The maximum absolute atomic E-state index is 12.0. The average molecular weight is 316 g/mol. The summed E-state index contributed by atoms with van der Waals surface area (Å²) in [5, 5.41) is 7.42. The second kappa shape index (κ2) is 6.33. The molecule has 0 radical (unpaired) electrons. The fraction of sp³-hybridized carbons (Fsp3) is 0.667. The van der Waals surface area contributed by atoms with Crippen LogP contribution in [-0.2, 0) is 11.3 Å². The number of aromatic nitrogens is 2. The summed E-state index contributed by atoms with van der Waals surface area (Å²) in [5.74, 6) is 0.743. The minimum absolute atomic E-state index is 0.120. The molecular weight excluding hydrogens is 298 g/mol. The first kappa shape index (κ1) is 13.5. The summed E-state index contributed by atoms with van der Waals surface area (Å²) in [7, 11) is 1.61. The minimum Gasteiger partial charge on any atom is -0.383 e. The van der Waals surface area contributed by atoms with Gasteiger partial charge in [0.2, 0.25) is 0 Å². The molecule has 0 unspecified atom stereocenters. The van der Waals surface area contributed by atoms with Crippen molar-refractivity contribution in [3.63, 3.8) is 0 Å². The Balaban J connectivity index is 2.02. The maximum Gasteiger partial charge on any atom is 0.283 e. The molecule has 2 rings (SSSR count). The summed E-state index contributed by atoms with van der Waals surface area (Å²) in [6.45, 7) is 1.87. The van der Waals surface area contributed by atoms with Gasteiger partial charge in [-0.25, -0.2) is 4.68 Å². The molecule has 1 aliphatic rings. The minimum atomic E-state index is -0.120. The first-order valence-corrected chi connectivity index (χ1v) is 7.00. The van der Waals surface area contributed by atoms with Crippen molar-refractivity contribution in [2.75, 3.05) is 25.6 Å². The summed E-state index contributed by atoms with van der Waals surface area (Å²) in [5.41, 5.74) is 0.659. The van der Waals surface area contributed by atoms with Crippen LogP contribution in [0.4, 0.5) is 5.69 Å². The first-order chi connectivity index (χ1) is 8.72. The fourth-order valence-corrected chi connectivity index (χ4v) is 2.32. The molecule has 0 saturated heterocycles. The van der Waals surface area contributed by atoms with E-state index in [0.29, 0.717) is 17.6 Å². The third-order valence-corrected chi connectivity index (χ3v) is 4.06. The molecule has 100 valence electrons. The van der Waals surface area contributed by atoms with Crippen molar-refractivity contribution < 1.29 is 4.74 Å². The molecule has 6 heteroatoms. The van der Waals surface area contributed by atoms with E-state index in [0.717, 1.165) is 18.2 Å². The number of nitrogens with one attached hydrogen (secondary N) is 1. The fourth-order valence-electron chi connectivity index (χ4n) is 1.88. The number of rotatable bonds is 6. The van der Waals surface area contributed by atoms with Crippen LogP contribution in [0.3, 0.4) is 0 Å². The lowest BCUT2D eigenvalue weighted by Gasteiger charge is -2.26. The number of hydrogen-bond donors (Lipinski definition) is 1. The average Bonchev–Trinajstić information content (AvgIpc) is 2.31. The lowest BCUT2D eigenvalue weighted by Crippen LogP contribution is -2.27. The molecule has 18 heavy (non-hydrogen) atoms. The van der Waals surface area contributed by atoms with Crippen molar-refractivity contribution >= 4 is 21.6 Å². The van der Waals surface area contributed by atoms with Gasteiger partial charge in [-0.1, -0.05) is 6.42 Å². The van der Waals surface area contributed by atoms with Gasteiger partial charge in [-0.15, -0.1) is 0 Å². The molecule has 0 atom stereocenters. The Morgan fingerprint density at radius 2 is 2.39 bits per heavy atom. The number of anilines is 1. The topological polar surface area (TPSA) is 56.1 Å². The lowest BCUT2D eigenvalue weighted by atomic mass is 9.85. The van der Waals surface area contributed by atoms with E-state index in [1.165, 1.54) is 23.9 Å². The van der Waals surface area contributed by atoms with Gasteiger partial charge in [0.05, 0.1) is 25.0 Å². The zero-order chi connectivity index (χ0) is 13.0. The highest BCUT2D eigenvalue weighted by Gasteiger charge is 2.17. The second-order valence-electron chi connectivity index (χ2n) is 4.57. The molecule has 0 amide bonds. The Morgan fingerprint density at radius 3 is 3.00 bits per heavy atom. The van der Waals surface area contributed by atoms with E-state index < -0.39 is 0 Å². The summed E-state index contributed by atoms with van der Waals surface area (Å²) >= 11 is 3.34. The van der Waals surface area contributed by atoms with Crippen molar-refractivity contribution in [2.45, 2.75) is 25.8 Å². The Labute approximate surface area is 115 Å². The molecule has 1 aliphatic carbocycles. The van der Waals surface area contributed by atoms with Crippen LogP contribution in [0.2, 0.25) is 0 Å². The lowest BCUT2D eigenvalue weighted by molar-refractivity contribution is 0.181. The van der Waals surface area contributed by atoms with Crippen LogP contribution < -0.4 is 10.9 Å². The number of halogens is 1. The third kappa shape index (κ3) is 3.11. The summed E-state index contributed by atoms with van der Waals surface area (Å²) < 4.78 is 6.90. The summed E-state index contributed by atoms with van der Waals surface area (Å²) in [6.07, 6.45) is 5.58. The standard InChI is InChI=1S/C12H18BrN3O2/c1-18-6-5-16-12(17)11(13)10(8-15-16)14-7-9-3-2-4-9/h8-9,14H,2-7H2,1H3. The van der Waals surface area contributed by atoms with Gasteiger partial charge in [-0.2, -0.15) is 5.10 Å². The predicted octanol–water partition coefficient (Wildman–Crippen LogP) is 1.86. The van der Waals surface area contributed by atoms with E-state index in [9.17, 15) is 4.79 Å². The molecule has 1 aromatic heterocycles. The molecule has 0 aromatic carbocycles. The highest BCUT2D eigenvalue weighted by molar-refractivity contribution is 9.10. The molecule has 1 aromatic rings. The van der Waals surface area contributed by atoms with Crippen LogP contribution in [0.25, 0.3) is 0 Å². The summed E-state index contributed by atoms with van der Waals surface area (Å²) in [6, 6.07) is 0. The Morgan fingerprint density at radius 1 is 1.61 bits per heavy atom. The largest absolute Gasteiger partial charge is 0.383 e. The summed E-state index contributed by atoms with van der Waals surface area (Å²) in [4.78, 5) is 12.0. The van der Waals surface area contributed by atoms with Gasteiger partial charge in [0.25, 0.3) is 5.56 Å². The van der Waals surface area contributed by atoms with Crippen molar-refractivity contribution in [1.82, 2.24) is 9.78 Å². The van der Waals surface area contributed by atoms with Gasteiger partial charge in [0.1, 0.15) is 4.47 Å². The van der Waals surface area contributed by atoms with Gasteiger partial charge in [0.15, 0.2) is 0 Å². The van der Waals surface area contributed by atoms with Crippen molar-refractivity contribution in [3.05, 3.63) is 21.0 Å². The van der Waals surface area contributed by atoms with Crippen LogP contribution in [0.1, 0.15) is 19.3 Å². The van der Waals surface area contributed by atoms with Crippen molar-refractivity contribution in [1.29, 1.82) is 0 Å². The highest BCUT2D eigenvalue weighted by Crippen LogP contribution is 2.27. The third-order valence-electron chi connectivity index (χ3n) is 3.30. The van der Waals surface area contributed by atoms with Crippen molar-refractivity contribution in [2.24, 2.45) is 5.92 Å². The van der Waals surface area contributed by atoms with Gasteiger partial charge in [-0.05, 0) is 34.7 Å². The monoisotopic (exact) mass is 315 g/mol. The van der Waals surface area contributed by atoms with Crippen LogP contribution in [0.15, 0.2) is 15.5 Å². The highest BCUT2D eigenvalue weighted by atomic mass is 79.9. The van der Waals surface area contributed by atoms with Gasteiger partial charge in [0, 0.05) is 13.7 Å². The second-order valence-corrected chi connectivity index (χ2v) is 5.36. The van der Waals surface area contributed by atoms with E-state index >= 15 is 0 Å². The van der Waals surface area contributed by atoms with E-state index in [4.69, 9.17) is 4.74 Å². The first-order valence-electron chi connectivity index (χ1n) is 6.21. The molecule has 0 bridgehead atoms. The van der Waals surface area contributed by atoms with E-state index in [1.807, 2.05) is 0 Å². The number of hydrogen-bond acceptors (Lipinski definition) is 4. The van der Waals surface area contributed by atoms with Gasteiger partial charge < -0.3 is 10.1 Å². The van der Waals surface area contributed by atoms with Crippen molar-refractivity contribution in [3.8, 4) is 0 Å². The van der Waals surface area contributed by atoms with Gasteiger partial charge >= 0.3 is 0 Å². The molecule has 0 spiro atoms. The molecule has 0 aliphatic heterocycles. The Bertz CT molecular complexity index is 457. The molecule has 1 N–H and O–H groups in total. The number of methoxy groups -OCH3 is 1. The quantitative estimate of drug-likeness (QED) is 0.870. The molecule has 1 saturated carbocycles. The molecule has 1 heterocycles.